The lowest BCUT2D eigenvalue weighted by molar-refractivity contribution is -0.401. The van der Waals surface area contributed by atoms with Crippen LogP contribution in [0.3, 0.4) is 0 Å². The van der Waals surface area contributed by atoms with Crippen molar-refractivity contribution in [2.24, 2.45) is 0 Å². The van der Waals surface area contributed by atoms with Crippen molar-refractivity contribution in [2.75, 3.05) is 23.9 Å². The molecule has 0 radical (unpaired) electrons. The third-order valence-electron chi connectivity index (χ3n) is 4.59. The molecule has 0 spiro atoms. The SMILES string of the molecule is CCCCCCOc1ccc(N2C(=O)C[C@@H](SC[C@@H]([NH3+])C(=O)OCC)C2=O)cc1. The minimum absolute atomic E-state index is 0.120. The summed E-state index contributed by atoms with van der Waals surface area (Å²) in [7, 11) is 0. The number of nitrogens with zero attached hydrogens (tertiary/aromatic N) is 1. The monoisotopic (exact) mass is 423 g/mol. The van der Waals surface area contributed by atoms with Crippen molar-refractivity contribution in [3.05, 3.63) is 24.3 Å². The molecule has 0 bridgehead atoms. The Morgan fingerprint density at radius 1 is 1.21 bits per heavy atom. The van der Waals surface area contributed by atoms with E-state index >= 15 is 0 Å². The van der Waals surface area contributed by atoms with Crippen molar-refractivity contribution < 1.29 is 29.6 Å². The minimum atomic E-state index is -0.564. The van der Waals surface area contributed by atoms with Crippen molar-refractivity contribution >= 4 is 35.2 Å². The fourth-order valence-corrected chi connectivity index (χ4v) is 4.09. The van der Waals surface area contributed by atoms with E-state index in [1.807, 2.05) is 0 Å². The van der Waals surface area contributed by atoms with E-state index in [0.29, 0.717) is 24.7 Å². The van der Waals surface area contributed by atoms with Gasteiger partial charge in [0.2, 0.25) is 11.8 Å². The molecule has 0 unspecified atom stereocenters. The van der Waals surface area contributed by atoms with Gasteiger partial charge in [-0.3, -0.25) is 9.59 Å². The number of amides is 2. The zero-order valence-corrected chi connectivity index (χ0v) is 18.0. The van der Waals surface area contributed by atoms with Gasteiger partial charge < -0.3 is 15.2 Å². The molecule has 2 amide bonds. The highest BCUT2D eigenvalue weighted by Gasteiger charge is 2.40. The fraction of sp³-hybridized carbons (Fsp3) is 0.571. The average molecular weight is 424 g/mol. The number of carbonyl (C=O) groups excluding carboxylic acids is 3. The zero-order valence-electron chi connectivity index (χ0n) is 17.2. The highest BCUT2D eigenvalue weighted by molar-refractivity contribution is 8.00. The number of thioether (sulfide) groups is 1. The Morgan fingerprint density at radius 3 is 2.59 bits per heavy atom. The molecule has 2 rings (SSSR count). The number of unbranched alkanes of at least 4 members (excludes halogenated alkanes) is 3. The van der Waals surface area contributed by atoms with Gasteiger partial charge >= 0.3 is 5.97 Å². The summed E-state index contributed by atoms with van der Waals surface area (Å²) in [5.74, 6) is 0.173. The number of benzene rings is 1. The summed E-state index contributed by atoms with van der Waals surface area (Å²) < 4.78 is 10.6. The van der Waals surface area contributed by atoms with Crippen LogP contribution in [0.1, 0.15) is 46.0 Å². The second-order valence-electron chi connectivity index (χ2n) is 6.95. The van der Waals surface area contributed by atoms with E-state index in [2.05, 4.69) is 12.7 Å². The molecule has 8 heteroatoms. The number of esters is 1. The second-order valence-corrected chi connectivity index (χ2v) is 8.18. The summed E-state index contributed by atoms with van der Waals surface area (Å²) in [6, 6.07) is 6.46. The van der Waals surface area contributed by atoms with Gasteiger partial charge in [0.1, 0.15) is 5.75 Å². The van der Waals surface area contributed by atoms with Gasteiger partial charge in [0.05, 0.1) is 29.9 Å². The number of carbonyl (C=O) groups is 3. The molecule has 1 aliphatic heterocycles. The van der Waals surface area contributed by atoms with Crippen LogP contribution in [0.5, 0.6) is 5.75 Å². The van der Waals surface area contributed by atoms with Crippen LogP contribution in [-0.2, 0) is 19.1 Å². The van der Waals surface area contributed by atoms with Crippen molar-refractivity contribution in [1.82, 2.24) is 0 Å². The first-order chi connectivity index (χ1) is 14.0. The normalized spacial score (nSPS) is 17.5. The topological polar surface area (TPSA) is 101 Å². The van der Waals surface area contributed by atoms with Crippen LogP contribution in [0.25, 0.3) is 0 Å². The predicted octanol–water partition coefficient (Wildman–Crippen LogP) is 2.18. The Balaban J connectivity index is 1.88. The summed E-state index contributed by atoms with van der Waals surface area (Å²) in [6.45, 7) is 4.86. The van der Waals surface area contributed by atoms with Crippen LogP contribution in [0, 0.1) is 0 Å². The highest BCUT2D eigenvalue weighted by atomic mass is 32.2. The molecule has 29 heavy (non-hydrogen) atoms. The number of rotatable bonds is 12. The quantitative estimate of drug-likeness (QED) is 0.314. The highest BCUT2D eigenvalue weighted by Crippen LogP contribution is 2.30. The van der Waals surface area contributed by atoms with Gasteiger partial charge in [0, 0.05) is 6.42 Å². The number of anilines is 1. The van der Waals surface area contributed by atoms with E-state index in [9.17, 15) is 14.4 Å². The lowest BCUT2D eigenvalue weighted by Gasteiger charge is -2.16. The molecule has 1 aromatic rings. The predicted molar refractivity (Wildman–Crippen MR) is 113 cm³/mol. The minimum Gasteiger partial charge on any atom is -0.494 e. The van der Waals surface area contributed by atoms with Crippen LogP contribution in [0.4, 0.5) is 5.69 Å². The number of imide groups is 1. The maximum absolute atomic E-state index is 12.7. The molecule has 0 saturated carbocycles. The summed E-state index contributed by atoms with van der Waals surface area (Å²) >= 11 is 1.28. The number of ether oxygens (including phenoxy) is 2. The maximum atomic E-state index is 12.7. The molecule has 2 atom stereocenters. The van der Waals surface area contributed by atoms with E-state index < -0.39 is 11.3 Å². The molecule has 3 N–H and O–H groups in total. The van der Waals surface area contributed by atoms with Crippen molar-refractivity contribution in [3.63, 3.8) is 0 Å². The standard InChI is InChI=1S/C21H30N2O5S/c1-3-5-6-7-12-28-16-10-8-15(9-11-16)23-19(24)13-18(20(23)25)29-14-17(22)21(26)27-4-2/h8-11,17-18H,3-7,12-14,22H2,1-2H3/p+1/t17-,18-/m1/s1. The molecule has 1 aliphatic rings. The van der Waals surface area contributed by atoms with Gasteiger partial charge in [-0.05, 0) is 37.6 Å². The van der Waals surface area contributed by atoms with Gasteiger partial charge in [-0.1, -0.05) is 26.2 Å². The third-order valence-corrected chi connectivity index (χ3v) is 5.95. The first-order valence-corrected chi connectivity index (χ1v) is 11.2. The third kappa shape index (κ3) is 6.75. The molecule has 1 aromatic carbocycles. The van der Waals surface area contributed by atoms with Gasteiger partial charge in [-0.2, -0.15) is 0 Å². The molecule has 1 heterocycles. The Bertz CT molecular complexity index is 695. The van der Waals surface area contributed by atoms with Gasteiger partial charge in [0.25, 0.3) is 0 Å². The first kappa shape index (κ1) is 23.2. The van der Waals surface area contributed by atoms with Gasteiger partial charge in [-0.25, -0.2) is 9.69 Å². The molecule has 160 valence electrons. The summed E-state index contributed by atoms with van der Waals surface area (Å²) in [4.78, 5) is 38.0. The van der Waals surface area contributed by atoms with Crippen molar-refractivity contribution in [1.29, 1.82) is 0 Å². The summed E-state index contributed by atoms with van der Waals surface area (Å²) in [5.41, 5.74) is 4.31. The Hall–Kier alpha value is -2.06. The maximum Gasteiger partial charge on any atom is 0.365 e. The Morgan fingerprint density at radius 2 is 1.93 bits per heavy atom. The van der Waals surface area contributed by atoms with Crippen molar-refractivity contribution in [3.8, 4) is 5.75 Å². The van der Waals surface area contributed by atoms with E-state index in [1.54, 1.807) is 31.2 Å². The van der Waals surface area contributed by atoms with Crippen molar-refractivity contribution in [2.45, 2.75) is 57.2 Å². The average Bonchev–Trinajstić information content (AvgIpc) is 3.00. The van der Waals surface area contributed by atoms with Crippen LogP contribution in [-0.4, -0.2) is 48.0 Å². The molecule has 0 aromatic heterocycles. The summed E-state index contributed by atoms with van der Waals surface area (Å²) in [6.07, 6.45) is 4.67. The smallest absolute Gasteiger partial charge is 0.365 e. The van der Waals surface area contributed by atoms with E-state index in [0.717, 1.165) is 18.6 Å². The molecule has 1 fully saturated rings. The zero-order chi connectivity index (χ0) is 21.2. The Kier molecular flexibility index (Phi) is 9.47. The largest absolute Gasteiger partial charge is 0.494 e. The summed E-state index contributed by atoms with van der Waals surface area (Å²) in [5, 5.41) is -0.504. The lowest BCUT2D eigenvalue weighted by Crippen LogP contribution is -2.66. The number of hydrogen-bond donors (Lipinski definition) is 1. The molecule has 0 aliphatic carbocycles. The number of quaternary nitrogens is 1. The van der Waals surface area contributed by atoms with E-state index in [4.69, 9.17) is 9.47 Å². The van der Waals surface area contributed by atoms with Crippen LogP contribution in [0.2, 0.25) is 0 Å². The molecule has 7 nitrogen and oxygen atoms in total. The Labute approximate surface area is 176 Å². The van der Waals surface area contributed by atoms with E-state index in [1.165, 1.54) is 29.5 Å². The second kappa shape index (κ2) is 11.8. The fourth-order valence-electron chi connectivity index (χ4n) is 2.98. The number of hydrogen-bond acceptors (Lipinski definition) is 6. The molecular weight excluding hydrogens is 392 g/mol. The lowest BCUT2D eigenvalue weighted by atomic mass is 10.2. The molecule has 1 saturated heterocycles. The molecular formula is C21H31N2O5S+. The van der Waals surface area contributed by atoms with Gasteiger partial charge in [0.15, 0.2) is 6.04 Å². The van der Waals surface area contributed by atoms with E-state index in [-0.39, 0.29) is 24.2 Å². The van der Waals surface area contributed by atoms with Crippen LogP contribution >= 0.6 is 11.8 Å². The van der Waals surface area contributed by atoms with Crippen LogP contribution in [0.15, 0.2) is 24.3 Å². The first-order valence-electron chi connectivity index (χ1n) is 10.2. The van der Waals surface area contributed by atoms with Gasteiger partial charge in [-0.15, -0.1) is 11.8 Å². The van der Waals surface area contributed by atoms with Crippen LogP contribution < -0.4 is 15.4 Å².